The minimum absolute atomic E-state index is 0.0121. The number of urea groups is 1. The van der Waals surface area contributed by atoms with Crippen LogP contribution in [0.4, 0.5) is 9.18 Å². The van der Waals surface area contributed by atoms with Crippen molar-refractivity contribution in [2.75, 3.05) is 39.4 Å². The molecule has 1 aromatic rings. The lowest BCUT2D eigenvalue weighted by atomic mass is 9.99. The molecule has 4 heterocycles. The Labute approximate surface area is 168 Å². The molecular weight excluding hydrogens is 383 g/mol. The van der Waals surface area contributed by atoms with E-state index < -0.39 is 5.82 Å². The van der Waals surface area contributed by atoms with Crippen LogP contribution in [0.25, 0.3) is 5.70 Å². The van der Waals surface area contributed by atoms with Gasteiger partial charge in [-0.1, -0.05) is 11.6 Å². The second-order valence-electron chi connectivity index (χ2n) is 7.43. The number of ether oxygens (including phenoxy) is 1. The summed E-state index contributed by atoms with van der Waals surface area (Å²) in [7, 11) is 0. The molecule has 2 bridgehead atoms. The summed E-state index contributed by atoms with van der Waals surface area (Å²) in [6.07, 6.45) is 2.53. The van der Waals surface area contributed by atoms with Crippen LogP contribution in [0.3, 0.4) is 0 Å². The molecule has 150 valence electrons. The monoisotopic (exact) mass is 406 g/mol. The van der Waals surface area contributed by atoms with Crippen LogP contribution in [-0.4, -0.2) is 67.0 Å². The number of piperidine rings is 1. The van der Waals surface area contributed by atoms with Gasteiger partial charge in [-0.25, -0.2) is 9.18 Å². The summed E-state index contributed by atoms with van der Waals surface area (Å²) in [5.74, 6) is -0.494. The molecule has 0 atom stereocenters. The van der Waals surface area contributed by atoms with Crippen molar-refractivity contribution in [3.8, 4) is 0 Å². The number of amides is 2. The molecule has 1 aromatic carbocycles. The summed E-state index contributed by atoms with van der Waals surface area (Å²) in [6.45, 7) is 4.40. The lowest BCUT2D eigenvalue weighted by Gasteiger charge is -2.30. The maximum atomic E-state index is 13.5. The average Bonchev–Trinajstić information content (AvgIpc) is 3.04. The number of rotatable bonds is 1. The number of halogens is 2. The summed E-state index contributed by atoms with van der Waals surface area (Å²) in [5.41, 5.74) is 8.74. The van der Waals surface area contributed by atoms with Crippen LogP contribution in [0, 0.1) is 5.82 Å². The van der Waals surface area contributed by atoms with E-state index in [4.69, 9.17) is 22.1 Å². The zero-order valence-electron chi connectivity index (χ0n) is 15.7. The standard InChI is InChI=1S/C20H24ClFN4O2/c21-16-11-13(1-2-17(16)22)19(23)15-5-10-28-12-18(15)24-20(27)26-9-8-25-6-3-14(26)4-7-25/h1-2,11,14H,3-10,12,23H2/b19-15-,24-18+. The van der Waals surface area contributed by atoms with Crippen LogP contribution < -0.4 is 5.73 Å². The quantitative estimate of drug-likeness (QED) is 0.778. The van der Waals surface area contributed by atoms with Gasteiger partial charge in [0.05, 0.1) is 23.9 Å². The summed E-state index contributed by atoms with van der Waals surface area (Å²) < 4.78 is 19.0. The van der Waals surface area contributed by atoms with Crippen LogP contribution in [0.1, 0.15) is 24.8 Å². The van der Waals surface area contributed by atoms with E-state index in [1.54, 1.807) is 6.07 Å². The molecule has 0 aliphatic carbocycles. The number of fused-ring (bicyclic) bond motifs is 4. The molecule has 4 aliphatic rings. The molecule has 5 rings (SSSR count). The van der Waals surface area contributed by atoms with E-state index >= 15 is 0 Å². The zero-order chi connectivity index (χ0) is 19.7. The third kappa shape index (κ3) is 3.92. The van der Waals surface area contributed by atoms with Crippen molar-refractivity contribution < 1.29 is 13.9 Å². The van der Waals surface area contributed by atoms with Crippen molar-refractivity contribution in [1.29, 1.82) is 0 Å². The van der Waals surface area contributed by atoms with Gasteiger partial charge in [0.1, 0.15) is 5.82 Å². The van der Waals surface area contributed by atoms with Crippen molar-refractivity contribution in [2.45, 2.75) is 25.3 Å². The second-order valence-corrected chi connectivity index (χ2v) is 7.84. The number of hydrogen-bond acceptors (Lipinski definition) is 4. The largest absolute Gasteiger partial charge is 0.398 e. The molecule has 0 spiro atoms. The third-order valence-corrected chi connectivity index (χ3v) is 6.06. The molecular formula is C20H24ClFN4O2. The molecule has 0 radical (unpaired) electrons. The third-order valence-electron chi connectivity index (χ3n) is 5.77. The van der Waals surface area contributed by atoms with E-state index in [0.717, 1.165) is 38.0 Å². The molecule has 4 fully saturated rings. The highest BCUT2D eigenvalue weighted by Gasteiger charge is 2.32. The van der Waals surface area contributed by atoms with Crippen molar-refractivity contribution >= 4 is 29.0 Å². The normalized spacial score (nSPS) is 28.4. The van der Waals surface area contributed by atoms with Crippen LogP contribution >= 0.6 is 11.6 Å². The first-order valence-corrected chi connectivity index (χ1v) is 10.0. The van der Waals surface area contributed by atoms with E-state index in [2.05, 4.69) is 9.89 Å². The van der Waals surface area contributed by atoms with Gasteiger partial charge in [0, 0.05) is 43.5 Å². The number of aliphatic imine (C=N–C) groups is 1. The van der Waals surface area contributed by atoms with E-state index in [0.29, 0.717) is 36.5 Å². The SMILES string of the molecule is N/C(=C1/CCOC/C1=N\C(=O)N1CCN2CCC1CC2)c1ccc(F)c(Cl)c1. The molecule has 4 aliphatic heterocycles. The molecule has 2 N–H and O–H groups in total. The number of hydrogen-bond donors (Lipinski definition) is 1. The van der Waals surface area contributed by atoms with Gasteiger partial charge in [0.25, 0.3) is 0 Å². The average molecular weight is 407 g/mol. The second kappa shape index (κ2) is 8.19. The van der Waals surface area contributed by atoms with Gasteiger partial charge >= 0.3 is 6.03 Å². The summed E-state index contributed by atoms with van der Waals surface area (Å²) in [5, 5.41) is 0.0121. The molecule has 8 heteroatoms. The fraction of sp³-hybridized carbons (Fsp3) is 0.500. The fourth-order valence-electron chi connectivity index (χ4n) is 4.12. The Hall–Kier alpha value is -1.96. The number of carbonyl (C=O) groups excluding carboxylic acids is 1. The van der Waals surface area contributed by atoms with Crippen molar-refractivity contribution in [2.24, 2.45) is 10.7 Å². The van der Waals surface area contributed by atoms with Gasteiger partial charge in [-0.3, -0.25) is 0 Å². The highest BCUT2D eigenvalue weighted by Crippen LogP contribution is 2.26. The van der Waals surface area contributed by atoms with Crippen LogP contribution in [0.2, 0.25) is 5.02 Å². The molecule has 0 saturated carbocycles. The van der Waals surface area contributed by atoms with Gasteiger partial charge in [0.2, 0.25) is 0 Å². The van der Waals surface area contributed by atoms with Crippen molar-refractivity contribution in [3.63, 3.8) is 0 Å². The first-order chi connectivity index (χ1) is 13.5. The van der Waals surface area contributed by atoms with Crippen molar-refractivity contribution in [3.05, 3.63) is 40.2 Å². The maximum Gasteiger partial charge on any atom is 0.344 e. The smallest absolute Gasteiger partial charge is 0.344 e. The summed E-state index contributed by atoms with van der Waals surface area (Å²) in [4.78, 5) is 21.6. The number of nitrogens with two attached hydrogens (primary N) is 1. The van der Waals surface area contributed by atoms with Gasteiger partial charge in [-0.2, -0.15) is 4.99 Å². The van der Waals surface area contributed by atoms with Gasteiger partial charge in [-0.05, 0) is 43.0 Å². The first kappa shape index (κ1) is 19.4. The number of benzene rings is 1. The van der Waals surface area contributed by atoms with Crippen LogP contribution in [-0.2, 0) is 4.74 Å². The van der Waals surface area contributed by atoms with Gasteiger partial charge < -0.3 is 20.3 Å². The Bertz CT molecular complexity index is 833. The molecule has 4 saturated heterocycles. The lowest BCUT2D eigenvalue weighted by molar-refractivity contribution is 0.164. The zero-order valence-corrected chi connectivity index (χ0v) is 16.4. The van der Waals surface area contributed by atoms with Crippen LogP contribution in [0.5, 0.6) is 0 Å². The molecule has 0 unspecified atom stereocenters. The van der Waals surface area contributed by atoms with E-state index in [-0.39, 0.29) is 23.7 Å². The molecule has 6 nitrogen and oxygen atoms in total. The minimum Gasteiger partial charge on any atom is -0.398 e. The lowest BCUT2D eigenvalue weighted by Crippen LogP contribution is -2.41. The van der Waals surface area contributed by atoms with Gasteiger partial charge in [0.15, 0.2) is 0 Å². The Morgan fingerprint density at radius 3 is 2.79 bits per heavy atom. The van der Waals surface area contributed by atoms with Crippen LogP contribution in [0.15, 0.2) is 28.8 Å². The highest BCUT2D eigenvalue weighted by molar-refractivity contribution is 6.31. The van der Waals surface area contributed by atoms with E-state index in [1.165, 1.54) is 12.1 Å². The Balaban J connectivity index is 1.62. The number of nitrogens with zero attached hydrogens (tertiary/aromatic N) is 3. The van der Waals surface area contributed by atoms with E-state index in [9.17, 15) is 9.18 Å². The summed E-state index contributed by atoms with van der Waals surface area (Å²) >= 11 is 5.90. The predicted octanol–water partition coefficient (Wildman–Crippen LogP) is 2.91. The fourth-order valence-corrected chi connectivity index (χ4v) is 4.30. The van der Waals surface area contributed by atoms with Crippen molar-refractivity contribution in [1.82, 2.24) is 9.80 Å². The maximum absolute atomic E-state index is 13.5. The molecule has 28 heavy (non-hydrogen) atoms. The minimum atomic E-state index is -0.494. The number of carbonyl (C=O) groups is 1. The topological polar surface area (TPSA) is 71.2 Å². The molecule has 0 aromatic heterocycles. The molecule has 2 amide bonds. The van der Waals surface area contributed by atoms with E-state index in [1.807, 2.05) is 4.90 Å². The highest BCUT2D eigenvalue weighted by atomic mass is 35.5. The predicted molar refractivity (Wildman–Crippen MR) is 107 cm³/mol. The summed E-state index contributed by atoms with van der Waals surface area (Å²) in [6, 6.07) is 4.39. The van der Waals surface area contributed by atoms with Gasteiger partial charge in [-0.15, -0.1) is 0 Å². The Morgan fingerprint density at radius 1 is 1.25 bits per heavy atom. The first-order valence-electron chi connectivity index (χ1n) is 9.65. The Morgan fingerprint density at radius 2 is 2.04 bits per heavy atom. The Kier molecular flexibility index (Phi) is 5.66.